The third-order valence-electron chi connectivity index (χ3n) is 0.814. The van der Waals surface area contributed by atoms with Crippen LogP contribution in [0, 0.1) is 0 Å². The van der Waals surface area contributed by atoms with Crippen LogP contribution in [0.5, 0.6) is 0 Å². The Hall–Kier alpha value is -0.250. The van der Waals surface area contributed by atoms with Crippen molar-refractivity contribution in [3.63, 3.8) is 0 Å². The third-order valence-corrected chi connectivity index (χ3v) is 0.814. The molecule has 0 aromatic rings. The van der Waals surface area contributed by atoms with Gasteiger partial charge in [0.15, 0.2) is 0 Å². The van der Waals surface area contributed by atoms with Gasteiger partial charge in [-0.1, -0.05) is 0 Å². The lowest BCUT2D eigenvalue weighted by Crippen LogP contribution is -2.24. The predicted molar refractivity (Wildman–Crippen MR) is 27.4 cm³/mol. The molecule has 0 aliphatic carbocycles. The highest BCUT2D eigenvalue weighted by atomic mass is 19.3. The summed E-state index contributed by atoms with van der Waals surface area (Å²) in [6.07, 6.45) is -4.25. The second-order valence-corrected chi connectivity index (χ2v) is 1.48. The second kappa shape index (κ2) is 4.61. The molecule has 1 nitrogen and oxygen atoms in total. The van der Waals surface area contributed by atoms with Crippen LogP contribution in [-0.4, -0.2) is 25.8 Å². The zero-order chi connectivity index (χ0) is 7.28. The first kappa shape index (κ1) is 8.75. The van der Waals surface area contributed by atoms with E-state index in [2.05, 4.69) is 4.74 Å². The first-order valence-electron chi connectivity index (χ1n) is 2.68. The highest BCUT2D eigenvalue weighted by Gasteiger charge is 2.19. The topological polar surface area (TPSA) is 9.23 Å². The van der Waals surface area contributed by atoms with Crippen molar-refractivity contribution in [2.45, 2.75) is 19.5 Å². The van der Waals surface area contributed by atoms with Crippen LogP contribution in [0.1, 0.15) is 6.92 Å². The van der Waals surface area contributed by atoms with Crippen LogP contribution in [-0.2, 0) is 4.74 Å². The van der Waals surface area contributed by atoms with Crippen molar-refractivity contribution in [2.24, 2.45) is 0 Å². The minimum atomic E-state index is -2.71. The van der Waals surface area contributed by atoms with E-state index in [1.54, 1.807) is 6.92 Å². The number of alkyl halides is 3. The van der Waals surface area contributed by atoms with E-state index >= 15 is 0 Å². The van der Waals surface area contributed by atoms with Gasteiger partial charge in [-0.2, -0.15) is 0 Å². The molecule has 0 radical (unpaired) electrons. The Balaban J connectivity index is 3.41. The summed E-state index contributed by atoms with van der Waals surface area (Å²) < 4.78 is 38.9. The maximum atomic E-state index is 11.5. The molecule has 4 heteroatoms. The van der Waals surface area contributed by atoms with E-state index in [9.17, 15) is 13.2 Å². The fourth-order valence-corrected chi connectivity index (χ4v) is 0.399. The van der Waals surface area contributed by atoms with Crippen molar-refractivity contribution in [3.8, 4) is 0 Å². The van der Waals surface area contributed by atoms with Crippen molar-refractivity contribution in [1.29, 1.82) is 0 Å². The number of hydrogen-bond acceptors (Lipinski definition) is 1. The van der Waals surface area contributed by atoms with E-state index in [1.807, 2.05) is 0 Å². The first-order valence-corrected chi connectivity index (χ1v) is 2.68. The maximum absolute atomic E-state index is 11.5. The fourth-order valence-electron chi connectivity index (χ4n) is 0.399. The summed E-state index contributed by atoms with van der Waals surface area (Å²) in [5.41, 5.74) is 0. The molecule has 0 spiro atoms. The summed E-state index contributed by atoms with van der Waals surface area (Å²) in [7, 11) is 0. The summed E-state index contributed by atoms with van der Waals surface area (Å²) in [4.78, 5) is 0. The molecule has 0 amide bonds. The van der Waals surface area contributed by atoms with Gasteiger partial charge in [0.05, 0.1) is 0 Å². The van der Waals surface area contributed by atoms with Crippen molar-refractivity contribution >= 4 is 0 Å². The van der Waals surface area contributed by atoms with Crippen LogP contribution in [0.4, 0.5) is 13.2 Å². The SMILES string of the molecule is CCOC(CF)C(F)F. The second-order valence-electron chi connectivity index (χ2n) is 1.48. The lowest BCUT2D eigenvalue weighted by molar-refractivity contribution is -0.0613. The van der Waals surface area contributed by atoms with E-state index in [4.69, 9.17) is 0 Å². The number of hydrogen-bond donors (Lipinski definition) is 0. The minimum absolute atomic E-state index is 0.124. The molecule has 56 valence electrons. The quantitative estimate of drug-likeness (QED) is 0.579. The Morgan fingerprint density at radius 3 is 2.11 bits per heavy atom. The van der Waals surface area contributed by atoms with Crippen LogP contribution in [0.15, 0.2) is 0 Å². The lowest BCUT2D eigenvalue weighted by atomic mass is 10.4. The Kier molecular flexibility index (Phi) is 4.48. The summed E-state index contributed by atoms with van der Waals surface area (Å²) in [6, 6.07) is 0. The Morgan fingerprint density at radius 1 is 1.44 bits per heavy atom. The van der Waals surface area contributed by atoms with E-state index in [0.29, 0.717) is 0 Å². The minimum Gasteiger partial charge on any atom is -0.370 e. The van der Waals surface area contributed by atoms with Crippen molar-refractivity contribution in [1.82, 2.24) is 0 Å². The highest BCUT2D eigenvalue weighted by Crippen LogP contribution is 2.05. The van der Waals surface area contributed by atoms with Crippen molar-refractivity contribution < 1.29 is 17.9 Å². The van der Waals surface area contributed by atoms with Crippen molar-refractivity contribution in [3.05, 3.63) is 0 Å². The van der Waals surface area contributed by atoms with Gasteiger partial charge in [0.25, 0.3) is 6.43 Å². The summed E-state index contributed by atoms with van der Waals surface area (Å²) >= 11 is 0. The molecule has 0 aromatic heterocycles. The summed E-state index contributed by atoms with van der Waals surface area (Å²) in [6.45, 7) is 0.551. The third kappa shape index (κ3) is 3.35. The monoisotopic (exact) mass is 142 g/mol. The van der Waals surface area contributed by atoms with Crippen LogP contribution in [0.25, 0.3) is 0 Å². The molecule has 0 saturated carbocycles. The number of rotatable bonds is 4. The van der Waals surface area contributed by atoms with Crippen LogP contribution >= 0.6 is 0 Å². The standard InChI is InChI=1S/C5H9F3O/c1-2-9-4(3-6)5(7)8/h4-5H,2-3H2,1H3. The van der Waals surface area contributed by atoms with E-state index in [0.717, 1.165) is 0 Å². The Bertz CT molecular complexity index is 67.2. The zero-order valence-electron chi connectivity index (χ0n) is 5.11. The van der Waals surface area contributed by atoms with Gasteiger partial charge in [0.2, 0.25) is 0 Å². The van der Waals surface area contributed by atoms with Gasteiger partial charge in [-0.25, -0.2) is 13.2 Å². The van der Waals surface area contributed by atoms with Crippen LogP contribution < -0.4 is 0 Å². The molecule has 0 aliphatic heterocycles. The molecule has 0 fully saturated rings. The lowest BCUT2D eigenvalue weighted by Gasteiger charge is -2.10. The number of ether oxygens (including phenoxy) is 1. The molecule has 9 heavy (non-hydrogen) atoms. The first-order chi connectivity index (χ1) is 4.22. The Labute approximate surface area is 51.8 Å². The normalized spacial score (nSPS) is 14.3. The van der Waals surface area contributed by atoms with E-state index in [-0.39, 0.29) is 6.61 Å². The summed E-state index contributed by atoms with van der Waals surface area (Å²) in [5, 5.41) is 0. The van der Waals surface area contributed by atoms with Crippen LogP contribution in [0.2, 0.25) is 0 Å². The van der Waals surface area contributed by atoms with Gasteiger partial charge < -0.3 is 4.74 Å². The Morgan fingerprint density at radius 2 is 2.00 bits per heavy atom. The molecule has 0 aromatic carbocycles. The van der Waals surface area contributed by atoms with Gasteiger partial charge in [-0.3, -0.25) is 0 Å². The van der Waals surface area contributed by atoms with E-state index in [1.165, 1.54) is 0 Å². The average Bonchev–Trinajstić information content (AvgIpc) is 1.82. The van der Waals surface area contributed by atoms with E-state index < -0.39 is 19.2 Å². The molecule has 0 heterocycles. The summed E-state index contributed by atoms with van der Waals surface area (Å²) in [5.74, 6) is 0. The molecule has 0 saturated heterocycles. The smallest absolute Gasteiger partial charge is 0.266 e. The van der Waals surface area contributed by atoms with Gasteiger partial charge in [0.1, 0.15) is 12.8 Å². The van der Waals surface area contributed by atoms with Crippen molar-refractivity contribution in [2.75, 3.05) is 13.3 Å². The van der Waals surface area contributed by atoms with Crippen LogP contribution in [0.3, 0.4) is 0 Å². The molecular weight excluding hydrogens is 133 g/mol. The largest absolute Gasteiger partial charge is 0.370 e. The van der Waals surface area contributed by atoms with Gasteiger partial charge in [-0.05, 0) is 6.92 Å². The molecule has 0 N–H and O–H groups in total. The molecule has 0 rings (SSSR count). The zero-order valence-corrected chi connectivity index (χ0v) is 5.11. The molecule has 1 atom stereocenters. The maximum Gasteiger partial charge on any atom is 0.266 e. The van der Waals surface area contributed by atoms with Gasteiger partial charge in [0, 0.05) is 6.61 Å². The fraction of sp³-hybridized carbons (Fsp3) is 1.00. The highest BCUT2D eigenvalue weighted by molar-refractivity contribution is 4.56. The molecule has 0 bridgehead atoms. The molecule has 1 unspecified atom stereocenters. The molecule has 0 aliphatic rings. The average molecular weight is 142 g/mol. The number of halogens is 3. The van der Waals surface area contributed by atoms with Gasteiger partial charge in [-0.15, -0.1) is 0 Å². The van der Waals surface area contributed by atoms with Gasteiger partial charge >= 0.3 is 0 Å². The predicted octanol–water partition coefficient (Wildman–Crippen LogP) is 1.63. The molecular formula is C5H9F3O.